The van der Waals surface area contributed by atoms with Gasteiger partial charge in [0.15, 0.2) is 0 Å². The lowest BCUT2D eigenvalue weighted by Gasteiger charge is -2.29. The molecule has 8 nitrogen and oxygen atoms in total. The molecule has 0 N–H and O–H groups in total. The number of hydrogen-bond donors (Lipinski definition) is 0. The first kappa shape index (κ1) is 26.5. The number of fused-ring (bicyclic) bond motifs is 1. The number of rotatable bonds is 7. The maximum absolute atomic E-state index is 13.3. The zero-order chi connectivity index (χ0) is 26.8. The number of carbonyl (C=O) groups is 2. The van der Waals surface area contributed by atoms with Crippen LogP contribution in [0.4, 0.5) is 0 Å². The summed E-state index contributed by atoms with van der Waals surface area (Å²) in [6.07, 6.45) is 0.416. The van der Waals surface area contributed by atoms with E-state index in [2.05, 4.69) is 5.16 Å². The average Bonchev–Trinajstić information content (AvgIpc) is 3.43. The lowest BCUT2D eigenvalue weighted by molar-refractivity contribution is -0.188. The van der Waals surface area contributed by atoms with E-state index in [4.69, 9.17) is 23.8 Å². The maximum Gasteiger partial charge on any atom is 0.354 e. The van der Waals surface area contributed by atoms with Gasteiger partial charge in [0.1, 0.15) is 29.3 Å². The van der Waals surface area contributed by atoms with Gasteiger partial charge in [-0.25, -0.2) is 4.79 Å². The molecule has 0 radical (unpaired) electrons. The Morgan fingerprint density at radius 1 is 1.00 bits per heavy atom. The van der Waals surface area contributed by atoms with Crippen molar-refractivity contribution in [2.24, 2.45) is 5.16 Å². The van der Waals surface area contributed by atoms with Crippen molar-refractivity contribution in [2.45, 2.75) is 84.2 Å². The van der Waals surface area contributed by atoms with E-state index in [9.17, 15) is 9.59 Å². The molecular weight excluding hydrogens is 474 g/mol. The van der Waals surface area contributed by atoms with Crippen LogP contribution >= 0.6 is 0 Å². The molecule has 0 spiro atoms. The van der Waals surface area contributed by atoms with E-state index in [0.717, 1.165) is 16.7 Å². The summed E-state index contributed by atoms with van der Waals surface area (Å²) in [4.78, 5) is 31.9. The third-order valence-electron chi connectivity index (χ3n) is 5.76. The molecule has 0 aliphatic carbocycles. The van der Waals surface area contributed by atoms with Crippen LogP contribution in [-0.2, 0) is 36.9 Å². The van der Waals surface area contributed by atoms with Crippen molar-refractivity contribution in [1.82, 2.24) is 0 Å². The molecule has 2 heterocycles. The molecule has 0 fully saturated rings. The Labute approximate surface area is 217 Å². The van der Waals surface area contributed by atoms with Gasteiger partial charge < -0.3 is 23.8 Å². The van der Waals surface area contributed by atoms with Crippen molar-refractivity contribution >= 4 is 17.7 Å². The fourth-order valence-corrected chi connectivity index (χ4v) is 4.23. The monoisotopic (exact) mass is 509 g/mol. The van der Waals surface area contributed by atoms with E-state index in [0.29, 0.717) is 36.8 Å². The highest BCUT2D eigenvalue weighted by molar-refractivity contribution is 6.07. The van der Waals surface area contributed by atoms with E-state index < -0.39 is 28.7 Å². The van der Waals surface area contributed by atoms with Crippen molar-refractivity contribution in [3.05, 3.63) is 59.2 Å². The Bertz CT molecular complexity index is 1190. The molecule has 1 atom stereocenters. The first-order chi connectivity index (χ1) is 17.3. The second-order valence-electron chi connectivity index (χ2n) is 11.4. The van der Waals surface area contributed by atoms with E-state index in [-0.39, 0.29) is 12.8 Å². The zero-order valence-corrected chi connectivity index (χ0v) is 22.4. The van der Waals surface area contributed by atoms with Gasteiger partial charge in [-0.3, -0.25) is 4.79 Å². The van der Waals surface area contributed by atoms with Crippen molar-refractivity contribution in [2.75, 3.05) is 6.61 Å². The van der Waals surface area contributed by atoms with Crippen LogP contribution in [0.15, 0.2) is 47.6 Å². The molecule has 0 aromatic heterocycles. The van der Waals surface area contributed by atoms with Gasteiger partial charge in [0.05, 0.1) is 18.7 Å². The van der Waals surface area contributed by atoms with E-state index >= 15 is 0 Å². The standard InChI is InChI=1S/C29H35NO7/c1-27(2,3)35-25(31)17-29(26(32)36-28(4,5)6)16-23(30-37-29)22-14-20(15-24-21(22)12-13-33-24)34-18-19-10-8-7-9-11-19/h7-11,14-15H,12-13,16-18H2,1-6H3. The first-order valence-electron chi connectivity index (χ1n) is 12.5. The Morgan fingerprint density at radius 3 is 2.38 bits per heavy atom. The fraction of sp³-hybridized carbons (Fsp3) is 0.483. The number of carbonyl (C=O) groups excluding carboxylic acids is 2. The summed E-state index contributed by atoms with van der Waals surface area (Å²) >= 11 is 0. The molecule has 0 bridgehead atoms. The average molecular weight is 510 g/mol. The summed E-state index contributed by atoms with van der Waals surface area (Å²) < 4.78 is 23.0. The van der Waals surface area contributed by atoms with Crippen LogP contribution in [0, 0.1) is 0 Å². The van der Waals surface area contributed by atoms with Crippen molar-refractivity contribution in [1.29, 1.82) is 0 Å². The molecule has 198 valence electrons. The van der Waals surface area contributed by atoms with E-state index in [1.165, 1.54) is 0 Å². The zero-order valence-electron chi connectivity index (χ0n) is 22.4. The summed E-state index contributed by atoms with van der Waals surface area (Å²) in [5.74, 6) is 0.103. The van der Waals surface area contributed by atoms with Crippen LogP contribution in [-0.4, -0.2) is 41.1 Å². The highest BCUT2D eigenvalue weighted by Gasteiger charge is 2.52. The smallest absolute Gasteiger partial charge is 0.354 e. The third-order valence-corrected chi connectivity index (χ3v) is 5.76. The summed E-state index contributed by atoms with van der Waals surface area (Å²) in [6, 6.07) is 13.6. The lowest BCUT2D eigenvalue weighted by atomic mass is 9.88. The largest absolute Gasteiger partial charge is 0.493 e. The van der Waals surface area contributed by atoms with Gasteiger partial charge in [-0.1, -0.05) is 35.5 Å². The highest BCUT2D eigenvalue weighted by atomic mass is 16.7. The molecule has 2 aliphatic heterocycles. The molecule has 8 heteroatoms. The third kappa shape index (κ3) is 6.61. The number of oxime groups is 1. The lowest BCUT2D eigenvalue weighted by Crippen LogP contribution is -2.46. The predicted octanol–water partition coefficient (Wildman–Crippen LogP) is 5.14. The summed E-state index contributed by atoms with van der Waals surface area (Å²) in [7, 11) is 0. The van der Waals surface area contributed by atoms with Crippen LogP contribution in [0.3, 0.4) is 0 Å². The quantitative estimate of drug-likeness (QED) is 0.477. The van der Waals surface area contributed by atoms with Crippen LogP contribution in [0.5, 0.6) is 11.5 Å². The van der Waals surface area contributed by atoms with Crippen LogP contribution in [0.2, 0.25) is 0 Å². The van der Waals surface area contributed by atoms with Gasteiger partial charge in [0.2, 0.25) is 5.60 Å². The van der Waals surface area contributed by atoms with Crippen molar-refractivity contribution < 1.29 is 33.4 Å². The summed E-state index contributed by atoms with van der Waals surface area (Å²) in [5, 5.41) is 4.29. The fourth-order valence-electron chi connectivity index (χ4n) is 4.23. The number of esters is 2. The normalized spacial score (nSPS) is 18.8. The number of nitrogens with zero attached hydrogens (tertiary/aromatic N) is 1. The molecule has 0 saturated carbocycles. The highest BCUT2D eigenvalue weighted by Crippen LogP contribution is 2.39. The molecule has 2 aliphatic rings. The Hall–Kier alpha value is -3.55. The maximum atomic E-state index is 13.3. The minimum atomic E-state index is -1.63. The summed E-state index contributed by atoms with van der Waals surface area (Å²) in [6.45, 7) is 11.5. The predicted molar refractivity (Wildman–Crippen MR) is 138 cm³/mol. The van der Waals surface area contributed by atoms with Gasteiger partial charge in [-0.15, -0.1) is 0 Å². The Morgan fingerprint density at radius 2 is 1.70 bits per heavy atom. The van der Waals surface area contributed by atoms with Gasteiger partial charge in [-0.2, -0.15) is 0 Å². The number of ether oxygens (including phenoxy) is 4. The SMILES string of the molecule is CC(C)(C)OC(=O)CC1(C(=O)OC(C)(C)C)CC(c2cc(OCc3ccccc3)cc3c2CCO3)=NO1. The van der Waals surface area contributed by atoms with Crippen LogP contribution < -0.4 is 9.47 Å². The second kappa shape index (κ2) is 10.1. The van der Waals surface area contributed by atoms with Crippen molar-refractivity contribution in [3.8, 4) is 11.5 Å². The van der Waals surface area contributed by atoms with Crippen molar-refractivity contribution in [3.63, 3.8) is 0 Å². The van der Waals surface area contributed by atoms with Crippen LogP contribution in [0.25, 0.3) is 0 Å². The number of hydrogen-bond acceptors (Lipinski definition) is 8. The van der Waals surface area contributed by atoms with Gasteiger partial charge in [-0.05, 0) is 53.2 Å². The molecular formula is C29H35NO7. The van der Waals surface area contributed by atoms with E-state index in [1.54, 1.807) is 41.5 Å². The molecule has 4 rings (SSSR count). The Balaban J connectivity index is 1.61. The van der Waals surface area contributed by atoms with Gasteiger partial charge in [0, 0.05) is 30.0 Å². The topological polar surface area (TPSA) is 92.7 Å². The van der Waals surface area contributed by atoms with Crippen LogP contribution in [0.1, 0.15) is 71.1 Å². The molecule has 0 saturated heterocycles. The first-order valence-corrected chi connectivity index (χ1v) is 12.5. The minimum Gasteiger partial charge on any atom is -0.493 e. The van der Waals surface area contributed by atoms with Gasteiger partial charge >= 0.3 is 11.9 Å². The second-order valence-corrected chi connectivity index (χ2v) is 11.4. The molecule has 2 aromatic rings. The summed E-state index contributed by atoms with van der Waals surface area (Å²) in [5.41, 5.74) is 0.189. The Kier molecular flexibility index (Phi) is 7.22. The molecule has 1 unspecified atom stereocenters. The van der Waals surface area contributed by atoms with E-state index in [1.807, 2.05) is 42.5 Å². The number of benzene rings is 2. The van der Waals surface area contributed by atoms with Gasteiger partial charge in [0.25, 0.3) is 0 Å². The molecule has 2 aromatic carbocycles. The minimum absolute atomic E-state index is 0.0513. The molecule has 37 heavy (non-hydrogen) atoms. The molecule has 0 amide bonds.